The van der Waals surface area contributed by atoms with Crippen molar-refractivity contribution < 1.29 is 34.2 Å². The Labute approximate surface area is 263 Å². The second kappa shape index (κ2) is 10.6. The molecule has 3 aliphatic heterocycles. The Hall–Kier alpha value is -4.28. The van der Waals surface area contributed by atoms with Gasteiger partial charge in [-0.15, -0.1) is 6.42 Å². The summed E-state index contributed by atoms with van der Waals surface area (Å²) in [5.41, 5.74) is 3.68. The van der Waals surface area contributed by atoms with Gasteiger partial charge < -0.3 is 20.1 Å². The van der Waals surface area contributed by atoms with Crippen LogP contribution in [0.1, 0.15) is 27.6 Å². The maximum Gasteiger partial charge on any atom is 0.319 e. The van der Waals surface area contributed by atoms with Crippen LogP contribution in [0.15, 0.2) is 24.4 Å². The summed E-state index contributed by atoms with van der Waals surface area (Å²) in [5, 5.41) is 0.170. The van der Waals surface area contributed by atoms with Crippen molar-refractivity contribution in [1.29, 1.82) is 0 Å². The van der Waals surface area contributed by atoms with Gasteiger partial charge in [-0.05, 0) is 43.0 Å². The van der Waals surface area contributed by atoms with Crippen LogP contribution in [0.2, 0.25) is 0 Å². The van der Waals surface area contributed by atoms with Gasteiger partial charge in [0.25, 0.3) is 0 Å². The average molecular weight is 639 g/mol. The topological polar surface area (TPSA) is 89.6 Å². The number of hydrogen-bond donors (Lipinski definition) is 1. The number of rotatable bonds is 5. The summed E-state index contributed by atoms with van der Waals surface area (Å²) in [6.07, 6.45) is 5.20. The van der Waals surface area contributed by atoms with Gasteiger partial charge >= 0.3 is 6.01 Å². The Bertz CT molecular complexity index is 2050. The maximum atomic E-state index is 16.9. The van der Waals surface area contributed by atoms with Crippen LogP contribution in [-0.4, -0.2) is 83.2 Å². The molecule has 0 radical (unpaired) electrons. The first-order chi connectivity index (χ1) is 22.9. The molecule has 0 unspecified atom stereocenters. The zero-order valence-electron chi connectivity index (χ0n) is 26.4. The highest BCUT2D eigenvalue weighted by Crippen LogP contribution is 2.46. The van der Waals surface area contributed by atoms with Crippen molar-refractivity contribution in [3.8, 4) is 29.6 Å². The number of pyridine rings is 1. The van der Waals surface area contributed by atoms with Gasteiger partial charge in [-0.3, -0.25) is 9.88 Å². The van der Waals surface area contributed by atoms with E-state index in [1.807, 2.05) is 0 Å². The second-order valence-electron chi connectivity index (χ2n) is 12.3. The smallest absolute Gasteiger partial charge is 0.319 e. The van der Waals surface area contributed by atoms with E-state index in [4.69, 9.17) is 24.4 Å². The predicted molar refractivity (Wildman–Crippen MR) is 161 cm³/mol. The van der Waals surface area contributed by atoms with Crippen LogP contribution in [0, 0.1) is 35.7 Å². The van der Waals surface area contributed by atoms with Crippen LogP contribution in [0.25, 0.3) is 32.9 Å². The Balaban J connectivity index is 1.33. The fraction of sp³-hybridized carbons (Fsp3) is 0.424. The SMILES string of the molecule is [2H]C([2H])(Oc1nc(N2CCOC[C@@H]3[C@@H](F)[C@@H]32)c2cnc(-c3cc(N)cc4cc(F)c(F)c(C#C)c34)c(F)c2n1)[C@@]12CCCN1C[C@H](F)C2. The number of benzene rings is 2. The summed E-state index contributed by atoms with van der Waals surface area (Å²) in [4.78, 5) is 16.5. The van der Waals surface area contributed by atoms with Crippen molar-refractivity contribution in [2.45, 2.75) is 43.2 Å². The molecular formula is C33H29F5N6O2. The average Bonchev–Trinajstić information content (AvgIpc) is 3.39. The molecule has 4 fully saturated rings. The molecule has 3 saturated heterocycles. The monoisotopic (exact) mass is 638 g/mol. The third-order valence-electron chi connectivity index (χ3n) is 9.58. The molecule has 46 heavy (non-hydrogen) atoms. The number of nitrogens with two attached hydrogens (primary N) is 1. The molecule has 4 aliphatic rings. The lowest BCUT2D eigenvalue weighted by Gasteiger charge is -2.31. The molecule has 1 aliphatic carbocycles. The fourth-order valence-electron chi connectivity index (χ4n) is 7.39. The highest BCUT2D eigenvalue weighted by Gasteiger charge is 2.56. The van der Waals surface area contributed by atoms with Gasteiger partial charge in [0.1, 0.15) is 35.9 Å². The Morgan fingerprint density at radius 2 is 2.02 bits per heavy atom. The van der Waals surface area contributed by atoms with Crippen LogP contribution in [-0.2, 0) is 4.74 Å². The van der Waals surface area contributed by atoms with Crippen LogP contribution in [0.5, 0.6) is 6.01 Å². The third-order valence-corrected chi connectivity index (χ3v) is 9.58. The van der Waals surface area contributed by atoms with Gasteiger partial charge in [-0.2, -0.15) is 9.97 Å². The van der Waals surface area contributed by atoms with Gasteiger partial charge in [0.05, 0.1) is 38.5 Å². The highest BCUT2D eigenvalue weighted by molar-refractivity contribution is 6.04. The van der Waals surface area contributed by atoms with E-state index >= 15 is 4.39 Å². The van der Waals surface area contributed by atoms with Crippen molar-refractivity contribution in [1.82, 2.24) is 19.9 Å². The number of alkyl halides is 2. The molecule has 4 aromatic rings. The molecule has 2 N–H and O–H groups in total. The van der Waals surface area contributed by atoms with E-state index in [0.717, 1.165) is 6.07 Å². The molecule has 0 amide bonds. The number of anilines is 2. The molecule has 13 heteroatoms. The fourth-order valence-corrected chi connectivity index (χ4v) is 7.39. The largest absolute Gasteiger partial charge is 0.461 e. The summed E-state index contributed by atoms with van der Waals surface area (Å²) in [7, 11) is 0. The van der Waals surface area contributed by atoms with E-state index in [1.54, 1.807) is 9.80 Å². The van der Waals surface area contributed by atoms with Crippen LogP contribution in [0.3, 0.4) is 0 Å². The van der Waals surface area contributed by atoms with E-state index in [1.165, 1.54) is 18.3 Å². The quantitative estimate of drug-likeness (QED) is 0.187. The van der Waals surface area contributed by atoms with E-state index in [2.05, 4.69) is 20.9 Å². The molecule has 8 rings (SSSR count). The van der Waals surface area contributed by atoms with Crippen molar-refractivity contribution in [3.05, 3.63) is 47.4 Å². The first kappa shape index (κ1) is 26.9. The summed E-state index contributed by atoms with van der Waals surface area (Å²) >= 11 is 0. The number of hydrogen-bond acceptors (Lipinski definition) is 8. The molecule has 1 saturated carbocycles. The van der Waals surface area contributed by atoms with Crippen molar-refractivity contribution >= 4 is 33.2 Å². The van der Waals surface area contributed by atoms with Crippen LogP contribution in [0.4, 0.5) is 33.5 Å². The number of terminal acetylenes is 1. The lowest BCUT2D eigenvalue weighted by molar-refractivity contribution is 0.107. The number of halogens is 5. The highest BCUT2D eigenvalue weighted by atomic mass is 19.2. The predicted octanol–water partition coefficient (Wildman–Crippen LogP) is 4.95. The number of fused-ring (bicyclic) bond motifs is 4. The minimum absolute atomic E-state index is 0.00775. The minimum Gasteiger partial charge on any atom is -0.461 e. The van der Waals surface area contributed by atoms with Crippen LogP contribution < -0.4 is 15.4 Å². The van der Waals surface area contributed by atoms with Crippen molar-refractivity contribution in [2.75, 3.05) is 50.0 Å². The first-order valence-corrected chi connectivity index (χ1v) is 15.0. The zero-order valence-corrected chi connectivity index (χ0v) is 24.4. The minimum atomic E-state index is -2.50. The lowest BCUT2D eigenvalue weighted by atomic mass is 9.95. The van der Waals surface area contributed by atoms with E-state index in [9.17, 15) is 17.6 Å². The van der Waals surface area contributed by atoms with Gasteiger partial charge in [-0.1, -0.05) is 5.92 Å². The van der Waals surface area contributed by atoms with Gasteiger partial charge in [-0.25, -0.2) is 22.0 Å². The molecule has 8 nitrogen and oxygen atoms in total. The summed E-state index contributed by atoms with van der Waals surface area (Å²) < 4.78 is 105. The first-order valence-electron chi connectivity index (χ1n) is 16.0. The summed E-state index contributed by atoms with van der Waals surface area (Å²) in [6, 6.07) is 2.40. The third kappa shape index (κ3) is 4.45. The number of ether oxygens (including phenoxy) is 2. The van der Waals surface area contributed by atoms with E-state index in [-0.39, 0.29) is 77.2 Å². The molecule has 238 valence electrons. The van der Waals surface area contributed by atoms with Crippen LogP contribution >= 0.6 is 0 Å². The van der Waals surface area contributed by atoms with Gasteiger partial charge in [0, 0.05) is 48.3 Å². The normalized spacial score (nSPS) is 28.4. The van der Waals surface area contributed by atoms with E-state index in [0.29, 0.717) is 19.4 Å². The van der Waals surface area contributed by atoms with Gasteiger partial charge in [0.2, 0.25) is 0 Å². The molecule has 0 spiro atoms. The second-order valence-corrected chi connectivity index (χ2v) is 12.3. The van der Waals surface area contributed by atoms with E-state index < -0.39 is 65.4 Å². The number of nitrogens with zero attached hydrogens (tertiary/aromatic N) is 5. The van der Waals surface area contributed by atoms with Crippen molar-refractivity contribution in [3.63, 3.8) is 0 Å². The maximum absolute atomic E-state index is 16.9. The van der Waals surface area contributed by atoms with Gasteiger partial charge in [0.15, 0.2) is 17.5 Å². The summed E-state index contributed by atoms with van der Waals surface area (Å²) in [6.45, 7) is -1.36. The van der Waals surface area contributed by atoms with Crippen molar-refractivity contribution in [2.24, 2.45) is 5.92 Å². The number of aromatic nitrogens is 3. The molecule has 2 aromatic carbocycles. The molecule has 5 atom stereocenters. The standard InChI is InChI=1S/C33H29F5N6O2/c1-2-19-24-16(9-23(35)25(19)36)8-18(39)10-20(24)28-27(38)29-21(12-40-28)31(44-6-7-45-14-22-26(37)30(22)44)42-32(41-29)46-15-33-4-3-5-43(33)13-17(34)11-33/h1,8-10,12,17,22,26,30H,3-7,11,13-15,39H2/t17-,22-,26-,30-,33+/m1/s1/i15D2. The Kier molecular flexibility index (Phi) is 6.22. The Morgan fingerprint density at radius 1 is 1.17 bits per heavy atom. The zero-order chi connectivity index (χ0) is 33.7. The lowest BCUT2D eigenvalue weighted by Crippen LogP contribution is -2.43. The number of nitrogen functional groups attached to an aromatic ring is 1. The Morgan fingerprint density at radius 3 is 2.85 bits per heavy atom. The molecule has 5 heterocycles. The summed E-state index contributed by atoms with van der Waals surface area (Å²) in [5.74, 6) is -1.81. The molecule has 2 aromatic heterocycles. The molecule has 0 bridgehead atoms. The molecular weight excluding hydrogens is 607 g/mol.